The lowest BCUT2D eigenvalue weighted by molar-refractivity contribution is -0.384. The van der Waals surface area contributed by atoms with Gasteiger partial charge < -0.3 is 5.43 Å². The molecule has 1 aliphatic rings. The van der Waals surface area contributed by atoms with Crippen molar-refractivity contribution in [2.24, 2.45) is 11.8 Å². The van der Waals surface area contributed by atoms with E-state index in [4.69, 9.17) is 5.84 Å². The van der Waals surface area contributed by atoms with Crippen LogP contribution in [0, 0.1) is 16.0 Å². The van der Waals surface area contributed by atoms with Gasteiger partial charge in [0.25, 0.3) is 5.69 Å². The van der Waals surface area contributed by atoms with Crippen LogP contribution in [0.1, 0.15) is 6.42 Å². The van der Waals surface area contributed by atoms with E-state index < -0.39 is 14.9 Å². The highest BCUT2D eigenvalue weighted by Crippen LogP contribution is 2.27. The number of rotatable bonds is 6. The fraction of sp³-hybridized carbons (Fsp3) is 0.455. The second kappa shape index (κ2) is 6.60. The summed E-state index contributed by atoms with van der Waals surface area (Å²) in [5.74, 6) is 7.56. The Balaban J connectivity index is 2.20. The Kier molecular flexibility index (Phi) is 5.04. The molecule has 1 heterocycles. The zero-order chi connectivity index (χ0) is 15.5. The molecule has 1 fully saturated rings. The number of nitrogens with one attached hydrogen (secondary N) is 2. The number of sulfonamides is 1. The molecule has 1 aliphatic heterocycles. The lowest BCUT2D eigenvalue weighted by Gasteiger charge is -2.13. The molecule has 1 atom stereocenters. The van der Waals surface area contributed by atoms with Gasteiger partial charge in [-0.05, 0) is 29.9 Å². The quantitative estimate of drug-likeness (QED) is 0.401. The van der Waals surface area contributed by atoms with E-state index in [2.05, 4.69) is 10.1 Å². The van der Waals surface area contributed by atoms with Crippen LogP contribution in [-0.2, 0) is 10.0 Å². The molecule has 8 nitrogen and oxygen atoms in total. The molecule has 1 aromatic rings. The maximum Gasteiger partial charge on any atom is 0.271 e. The summed E-state index contributed by atoms with van der Waals surface area (Å²) in [5.41, 5.74) is 1.97. The highest BCUT2D eigenvalue weighted by atomic mass is 32.2. The molecule has 21 heavy (non-hydrogen) atoms. The van der Waals surface area contributed by atoms with Crippen LogP contribution < -0.4 is 16.0 Å². The average molecular weight is 332 g/mol. The van der Waals surface area contributed by atoms with Gasteiger partial charge in [0.15, 0.2) is 0 Å². The largest absolute Gasteiger partial charge is 0.323 e. The lowest BCUT2D eigenvalue weighted by Crippen LogP contribution is -2.30. The second-order valence-electron chi connectivity index (χ2n) is 4.66. The first kappa shape index (κ1) is 16.0. The Morgan fingerprint density at radius 1 is 1.48 bits per heavy atom. The summed E-state index contributed by atoms with van der Waals surface area (Å²) in [6.07, 6.45) is 0.982. The SMILES string of the molecule is NNc1cc([N+](=O)[O-])ccc1S(=O)(=O)NCC1CCSC1. The number of hydrogen-bond donors (Lipinski definition) is 3. The van der Waals surface area contributed by atoms with Crippen LogP contribution in [-0.4, -0.2) is 31.4 Å². The van der Waals surface area contributed by atoms with E-state index in [-0.39, 0.29) is 16.3 Å². The molecule has 0 saturated carbocycles. The summed E-state index contributed by atoms with van der Waals surface area (Å²) in [4.78, 5) is 9.99. The topological polar surface area (TPSA) is 127 Å². The Labute approximate surface area is 126 Å². The minimum atomic E-state index is -3.76. The van der Waals surface area contributed by atoms with Gasteiger partial charge in [0, 0.05) is 18.7 Å². The zero-order valence-electron chi connectivity index (χ0n) is 11.1. The van der Waals surface area contributed by atoms with Crippen molar-refractivity contribution in [1.29, 1.82) is 0 Å². The monoisotopic (exact) mass is 332 g/mol. The van der Waals surface area contributed by atoms with Crippen LogP contribution in [0.4, 0.5) is 11.4 Å². The van der Waals surface area contributed by atoms with Crippen molar-refractivity contribution < 1.29 is 13.3 Å². The number of nitro benzene ring substituents is 1. The van der Waals surface area contributed by atoms with Gasteiger partial charge in [-0.1, -0.05) is 0 Å². The summed E-state index contributed by atoms with van der Waals surface area (Å²) >= 11 is 1.80. The molecule has 0 bridgehead atoms. The van der Waals surface area contributed by atoms with Crippen LogP contribution >= 0.6 is 11.8 Å². The second-order valence-corrected chi connectivity index (χ2v) is 7.55. The fourth-order valence-electron chi connectivity index (χ4n) is 2.03. The standard InChI is InChI=1S/C11H16N4O4S2/c12-14-10-5-9(15(16)17)1-2-11(10)21(18,19)13-6-8-3-4-20-7-8/h1-2,5,8,13-14H,3-4,6-7,12H2. The fourth-order valence-corrected chi connectivity index (χ4v) is 4.58. The molecule has 1 unspecified atom stereocenters. The van der Waals surface area contributed by atoms with Gasteiger partial charge in [0.1, 0.15) is 4.90 Å². The smallest absolute Gasteiger partial charge is 0.271 e. The summed E-state index contributed by atoms with van der Waals surface area (Å²) in [5, 5.41) is 10.7. The first-order chi connectivity index (χ1) is 9.94. The summed E-state index contributed by atoms with van der Waals surface area (Å²) in [6.45, 7) is 0.357. The Hall–Kier alpha value is -1.36. The first-order valence-electron chi connectivity index (χ1n) is 6.26. The van der Waals surface area contributed by atoms with Crippen molar-refractivity contribution in [3.8, 4) is 0 Å². The number of nitrogens with two attached hydrogens (primary N) is 1. The highest BCUT2D eigenvalue weighted by Gasteiger charge is 2.23. The molecule has 2 rings (SSSR count). The molecule has 1 aromatic carbocycles. The summed E-state index contributed by atoms with van der Waals surface area (Å²) in [6, 6.07) is 3.42. The number of anilines is 1. The van der Waals surface area contributed by atoms with E-state index >= 15 is 0 Å². The van der Waals surface area contributed by atoms with Crippen LogP contribution in [0.15, 0.2) is 23.1 Å². The van der Waals surface area contributed by atoms with Gasteiger partial charge >= 0.3 is 0 Å². The summed E-state index contributed by atoms with van der Waals surface area (Å²) < 4.78 is 27.1. The number of nitro groups is 1. The van der Waals surface area contributed by atoms with E-state index in [1.54, 1.807) is 11.8 Å². The van der Waals surface area contributed by atoms with Crippen molar-refractivity contribution >= 4 is 33.2 Å². The molecule has 0 amide bonds. The van der Waals surface area contributed by atoms with Crippen LogP contribution in [0.25, 0.3) is 0 Å². The third kappa shape index (κ3) is 3.84. The van der Waals surface area contributed by atoms with Crippen molar-refractivity contribution in [3.05, 3.63) is 28.3 Å². The van der Waals surface area contributed by atoms with Crippen LogP contribution in [0.3, 0.4) is 0 Å². The zero-order valence-corrected chi connectivity index (χ0v) is 12.7. The van der Waals surface area contributed by atoms with Gasteiger partial charge in [-0.3, -0.25) is 16.0 Å². The van der Waals surface area contributed by atoms with E-state index in [9.17, 15) is 18.5 Å². The molecular weight excluding hydrogens is 316 g/mol. The van der Waals surface area contributed by atoms with Crippen molar-refractivity contribution in [1.82, 2.24) is 4.72 Å². The van der Waals surface area contributed by atoms with E-state index in [1.807, 2.05) is 0 Å². The minimum Gasteiger partial charge on any atom is -0.323 e. The van der Waals surface area contributed by atoms with Crippen molar-refractivity contribution in [2.75, 3.05) is 23.5 Å². The Morgan fingerprint density at radius 2 is 2.24 bits per heavy atom. The molecule has 0 aliphatic carbocycles. The molecule has 10 heteroatoms. The number of thioether (sulfide) groups is 1. The third-order valence-electron chi connectivity index (χ3n) is 3.21. The van der Waals surface area contributed by atoms with E-state index in [0.29, 0.717) is 12.5 Å². The Bertz CT molecular complexity index is 629. The third-order valence-corrected chi connectivity index (χ3v) is 5.92. The van der Waals surface area contributed by atoms with E-state index in [1.165, 1.54) is 6.07 Å². The number of hydrazine groups is 1. The highest BCUT2D eigenvalue weighted by molar-refractivity contribution is 7.99. The number of hydrogen-bond acceptors (Lipinski definition) is 7. The predicted octanol–water partition coefficient (Wildman–Crippen LogP) is 0.912. The molecular formula is C11H16N4O4S2. The maximum atomic E-state index is 12.3. The van der Waals surface area contributed by atoms with Gasteiger partial charge in [-0.15, -0.1) is 0 Å². The molecule has 4 N–H and O–H groups in total. The molecule has 0 aromatic heterocycles. The number of nitrogen functional groups attached to an aromatic ring is 1. The van der Waals surface area contributed by atoms with Gasteiger partial charge in [0.05, 0.1) is 10.6 Å². The number of nitrogens with zero attached hydrogens (tertiary/aromatic N) is 1. The van der Waals surface area contributed by atoms with Crippen molar-refractivity contribution in [2.45, 2.75) is 11.3 Å². The maximum absolute atomic E-state index is 12.3. The normalized spacial score (nSPS) is 18.6. The van der Waals surface area contributed by atoms with Gasteiger partial charge in [-0.2, -0.15) is 11.8 Å². The molecule has 0 spiro atoms. The Morgan fingerprint density at radius 3 is 2.81 bits per heavy atom. The number of benzene rings is 1. The van der Waals surface area contributed by atoms with Gasteiger partial charge in [0.2, 0.25) is 10.0 Å². The first-order valence-corrected chi connectivity index (χ1v) is 8.90. The van der Waals surface area contributed by atoms with Crippen molar-refractivity contribution in [3.63, 3.8) is 0 Å². The summed E-state index contributed by atoms with van der Waals surface area (Å²) in [7, 11) is -3.76. The van der Waals surface area contributed by atoms with Gasteiger partial charge in [-0.25, -0.2) is 13.1 Å². The van der Waals surface area contributed by atoms with Crippen LogP contribution in [0.5, 0.6) is 0 Å². The average Bonchev–Trinajstić information content (AvgIpc) is 2.97. The molecule has 1 saturated heterocycles. The predicted molar refractivity (Wildman–Crippen MR) is 81.5 cm³/mol. The molecule has 0 radical (unpaired) electrons. The van der Waals surface area contributed by atoms with E-state index in [0.717, 1.165) is 30.1 Å². The van der Waals surface area contributed by atoms with Crippen LogP contribution in [0.2, 0.25) is 0 Å². The molecule has 116 valence electrons. The number of non-ortho nitro benzene ring substituents is 1. The lowest BCUT2D eigenvalue weighted by atomic mass is 10.1. The minimum absolute atomic E-state index is 0.00232.